The van der Waals surface area contributed by atoms with Gasteiger partial charge in [-0.2, -0.15) is 0 Å². The summed E-state index contributed by atoms with van der Waals surface area (Å²) < 4.78 is 16.5. The smallest absolute Gasteiger partial charge is 0.414 e. The zero-order valence-electron chi connectivity index (χ0n) is 13.4. The number of ether oxygens (including phenoxy) is 3. The highest BCUT2D eigenvalue weighted by molar-refractivity contribution is 5.68. The molecule has 2 rings (SSSR count). The van der Waals surface area contributed by atoms with Gasteiger partial charge in [0.15, 0.2) is 0 Å². The largest absolute Gasteiger partial charge is 0.497 e. The average molecular weight is 305 g/mol. The molecule has 120 valence electrons. The molecule has 1 aliphatic rings. The van der Waals surface area contributed by atoms with E-state index in [0.717, 1.165) is 24.0 Å². The SMILES string of the molecule is C=COC(=O)N1CC(C)OC(CC)(c2cccc(OC)c2)C1. The molecule has 0 aromatic heterocycles. The standard InChI is InChI=1S/C17H23NO4/c1-5-17(14-8-7-9-15(10-14)20-4)12-18(11-13(3)22-17)16(19)21-6-2/h6-10,13H,2,5,11-12H2,1,3-4H3. The molecule has 5 nitrogen and oxygen atoms in total. The van der Waals surface area contributed by atoms with Crippen LogP contribution in [0.15, 0.2) is 37.1 Å². The minimum atomic E-state index is -0.563. The summed E-state index contributed by atoms with van der Waals surface area (Å²) in [6.45, 7) is 8.38. The number of amides is 1. The number of carbonyl (C=O) groups is 1. The third-order valence-electron chi connectivity index (χ3n) is 3.96. The summed E-state index contributed by atoms with van der Waals surface area (Å²) in [6, 6.07) is 7.78. The Morgan fingerprint density at radius 1 is 1.59 bits per heavy atom. The maximum atomic E-state index is 12.1. The van der Waals surface area contributed by atoms with Crippen LogP contribution in [0.5, 0.6) is 5.75 Å². The third kappa shape index (κ3) is 3.25. The number of hydrogen-bond donors (Lipinski definition) is 0. The summed E-state index contributed by atoms with van der Waals surface area (Å²) in [4.78, 5) is 13.7. The second-order valence-electron chi connectivity index (χ2n) is 5.44. The molecule has 0 spiro atoms. The van der Waals surface area contributed by atoms with Gasteiger partial charge in [0.2, 0.25) is 0 Å². The van der Waals surface area contributed by atoms with Gasteiger partial charge < -0.3 is 19.1 Å². The van der Waals surface area contributed by atoms with E-state index in [1.807, 2.05) is 31.2 Å². The quantitative estimate of drug-likeness (QED) is 0.801. The van der Waals surface area contributed by atoms with Crippen LogP contribution >= 0.6 is 0 Å². The number of rotatable bonds is 4. The monoisotopic (exact) mass is 305 g/mol. The maximum Gasteiger partial charge on any atom is 0.414 e. The van der Waals surface area contributed by atoms with Crippen LogP contribution in [-0.2, 0) is 15.1 Å². The summed E-state index contributed by atoms with van der Waals surface area (Å²) in [5, 5.41) is 0. The topological polar surface area (TPSA) is 48.0 Å². The molecule has 1 aromatic carbocycles. The van der Waals surface area contributed by atoms with Gasteiger partial charge in [0.1, 0.15) is 11.4 Å². The van der Waals surface area contributed by atoms with E-state index in [9.17, 15) is 4.79 Å². The van der Waals surface area contributed by atoms with Crippen LogP contribution in [0.3, 0.4) is 0 Å². The van der Waals surface area contributed by atoms with Crippen LogP contribution in [0.25, 0.3) is 0 Å². The summed E-state index contributed by atoms with van der Waals surface area (Å²) in [5.41, 5.74) is 0.434. The predicted molar refractivity (Wildman–Crippen MR) is 83.8 cm³/mol. The molecule has 1 aliphatic heterocycles. The fourth-order valence-corrected chi connectivity index (χ4v) is 2.89. The second-order valence-corrected chi connectivity index (χ2v) is 5.44. The van der Waals surface area contributed by atoms with Crippen LogP contribution in [-0.4, -0.2) is 37.3 Å². The van der Waals surface area contributed by atoms with Crippen LogP contribution < -0.4 is 4.74 Å². The van der Waals surface area contributed by atoms with Gasteiger partial charge >= 0.3 is 6.09 Å². The van der Waals surface area contributed by atoms with Crippen molar-refractivity contribution in [2.45, 2.75) is 32.0 Å². The zero-order chi connectivity index (χ0) is 16.2. The molecule has 1 saturated heterocycles. The molecule has 1 heterocycles. The lowest BCUT2D eigenvalue weighted by atomic mass is 9.88. The number of hydrogen-bond acceptors (Lipinski definition) is 4. The molecular formula is C17H23NO4. The highest BCUT2D eigenvalue weighted by atomic mass is 16.6. The molecule has 1 amide bonds. The lowest BCUT2D eigenvalue weighted by molar-refractivity contribution is -0.149. The average Bonchev–Trinajstić information content (AvgIpc) is 2.54. The molecule has 2 atom stereocenters. The Morgan fingerprint density at radius 2 is 2.36 bits per heavy atom. The number of morpholine rings is 1. The van der Waals surface area contributed by atoms with Crippen LogP contribution in [0.2, 0.25) is 0 Å². The Bertz CT molecular complexity index is 545. The van der Waals surface area contributed by atoms with E-state index in [-0.39, 0.29) is 6.10 Å². The van der Waals surface area contributed by atoms with Gasteiger partial charge in [0, 0.05) is 0 Å². The molecule has 0 aliphatic carbocycles. The molecule has 1 aromatic rings. The fraction of sp³-hybridized carbons (Fsp3) is 0.471. The minimum absolute atomic E-state index is 0.0859. The van der Waals surface area contributed by atoms with Gasteiger partial charge in [0.25, 0.3) is 0 Å². The number of benzene rings is 1. The Balaban J connectivity index is 2.34. The van der Waals surface area contributed by atoms with Crippen molar-refractivity contribution in [1.29, 1.82) is 0 Å². The summed E-state index contributed by atoms with van der Waals surface area (Å²) in [6.07, 6.45) is 1.41. The van der Waals surface area contributed by atoms with Crippen LogP contribution in [0.4, 0.5) is 4.79 Å². The molecule has 0 radical (unpaired) electrons. The van der Waals surface area contributed by atoms with Crippen molar-refractivity contribution in [2.24, 2.45) is 0 Å². The van der Waals surface area contributed by atoms with E-state index in [2.05, 4.69) is 13.5 Å². The van der Waals surface area contributed by atoms with Gasteiger partial charge in [-0.1, -0.05) is 25.6 Å². The normalized spacial score (nSPS) is 24.7. The van der Waals surface area contributed by atoms with E-state index >= 15 is 0 Å². The maximum absolute atomic E-state index is 12.1. The van der Waals surface area contributed by atoms with Crippen LogP contribution in [0, 0.1) is 0 Å². The predicted octanol–water partition coefficient (Wildman–Crippen LogP) is 3.30. The van der Waals surface area contributed by atoms with E-state index < -0.39 is 11.7 Å². The van der Waals surface area contributed by atoms with Crippen molar-refractivity contribution in [2.75, 3.05) is 20.2 Å². The summed E-state index contributed by atoms with van der Waals surface area (Å²) in [5.74, 6) is 0.771. The van der Waals surface area contributed by atoms with Crippen molar-refractivity contribution < 1.29 is 19.0 Å². The molecule has 22 heavy (non-hydrogen) atoms. The third-order valence-corrected chi connectivity index (χ3v) is 3.96. The Labute approximate surface area is 131 Å². The molecule has 2 unspecified atom stereocenters. The first-order valence-corrected chi connectivity index (χ1v) is 7.43. The van der Waals surface area contributed by atoms with Crippen molar-refractivity contribution >= 4 is 6.09 Å². The first-order valence-electron chi connectivity index (χ1n) is 7.43. The zero-order valence-corrected chi connectivity index (χ0v) is 13.4. The highest BCUT2D eigenvalue weighted by Crippen LogP contribution is 2.36. The molecular weight excluding hydrogens is 282 g/mol. The molecule has 5 heteroatoms. The summed E-state index contributed by atoms with van der Waals surface area (Å²) >= 11 is 0. The van der Waals surface area contributed by atoms with Gasteiger partial charge in [-0.15, -0.1) is 0 Å². The lowest BCUT2D eigenvalue weighted by Crippen LogP contribution is -2.54. The van der Waals surface area contributed by atoms with Gasteiger partial charge in [-0.05, 0) is 31.0 Å². The van der Waals surface area contributed by atoms with Crippen LogP contribution in [0.1, 0.15) is 25.8 Å². The van der Waals surface area contributed by atoms with Gasteiger partial charge in [0.05, 0.1) is 32.6 Å². The van der Waals surface area contributed by atoms with E-state index in [4.69, 9.17) is 14.2 Å². The number of methoxy groups -OCH3 is 1. The van der Waals surface area contributed by atoms with Crippen molar-refractivity contribution in [3.63, 3.8) is 0 Å². The van der Waals surface area contributed by atoms with Crippen molar-refractivity contribution in [1.82, 2.24) is 4.90 Å². The highest BCUT2D eigenvalue weighted by Gasteiger charge is 2.41. The van der Waals surface area contributed by atoms with Gasteiger partial charge in [-0.3, -0.25) is 0 Å². The summed E-state index contributed by atoms with van der Waals surface area (Å²) in [7, 11) is 1.63. The number of carbonyl (C=O) groups excluding carboxylic acids is 1. The minimum Gasteiger partial charge on any atom is -0.497 e. The number of nitrogens with zero attached hydrogens (tertiary/aromatic N) is 1. The Kier molecular flexibility index (Phi) is 5.08. The first-order chi connectivity index (χ1) is 10.5. The lowest BCUT2D eigenvalue weighted by Gasteiger charge is -2.45. The van der Waals surface area contributed by atoms with Crippen molar-refractivity contribution in [3.05, 3.63) is 42.7 Å². The van der Waals surface area contributed by atoms with E-state index in [1.54, 1.807) is 12.0 Å². The second kappa shape index (κ2) is 6.83. The van der Waals surface area contributed by atoms with E-state index in [0.29, 0.717) is 13.1 Å². The van der Waals surface area contributed by atoms with Gasteiger partial charge in [-0.25, -0.2) is 4.79 Å². The Morgan fingerprint density at radius 3 is 3.00 bits per heavy atom. The molecule has 0 bridgehead atoms. The van der Waals surface area contributed by atoms with Crippen molar-refractivity contribution in [3.8, 4) is 5.75 Å². The molecule has 0 N–H and O–H groups in total. The molecule has 0 saturated carbocycles. The first kappa shape index (κ1) is 16.4. The fourth-order valence-electron chi connectivity index (χ4n) is 2.89. The van der Waals surface area contributed by atoms with E-state index in [1.165, 1.54) is 0 Å². The Hall–Kier alpha value is -2.01. The molecule has 1 fully saturated rings.